The molecule has 31 heavy (non-hydrogen) atoms. The summed E-state index contributed by atoms with van der Waals surface area (Å²) in [6, 6.07) is 29.7. The third-order valence-electron chi connectivity index (χ3n) is 5.18. The molecule has 0 fully saturated rings. The van der Waals surface area contributed by atoms with Crippen molar-refractivity contribution in [3.63, 3.8) is 0 Å². The average molecular weight is 579 g/mol. The van der Waals surface area contributed by atoms with Gasteiger partial charge in [-0.25, -0.2) is 0 Å². The first-order valence-electron chi connectivity index (χ1n) is 9.53. The van der Waals surface area contributed by atoms with Crippen LogP contribution in [0.3, 0.4) is 0 Å². The van der Waals surface area contributed by atoms with Crippen LogP contribution in [0.2, 0.25) is 0 Å². The van der Waals surface area contributed by atoms with Crippen LogP contribution in [0.1, 0.15) is 11.4 Å². The third-order valence-corrected chi connectivity index (χ3v) is 5.18. The molecule has 2 nitrogen and oxygen atoms in total. The van der Waals surface area contributed by atoms with Gasteiger partial charge in [-0.05, 0) is 48.2 Å². The van der Waals surface area contributed by atoms with Crippen molar-refractivity contribution >= 4 is 21.8 Å². The van der Waals surface area contributed by atoms with Gasteiger partial charge in [0.2, 0.25) is 0 Å². The summed E-state index contributed by atoms with van der Waals surface area (Å²) in [7, 11) is 0. The van der Waals surface area contributed by atoms with E-state index in [0.29, 0.717) is 0 Å². The first-order valence-corrected chi connectivity index (χ1v) is 9.53. The molecular formula is C26H20Br2N2Ni. The Morgan fingerprint density at radius 1 is 0.516 bits per heavy atom. The molecule has 0 amide bonds. The molecule has 2 heterocycles. The number of aromatic nitrogens is 2. The average Bonchev–Trinajstić information content (AvgIpc) is 2.74. The maximum atomic E-state index is 4.90. The minimum Gasteiger partial charge on any atom is -1.00 e. The predicted molar refractivity (Wildman–Crippen MR) is 117 cm³/mol. The van der Waals surface area contributed by atoms with Crippen LogP contribution >= 0.6 is 0 Å². The Hall–Kier alpha value is -2.07. The van der Waals surface area contributed by atoms with Crippen molar-refractivity contribution in [1.82, 2.24) is 9.97 Å². The molecule has 5 aromatic rings. The van der Waals surface area contributed by atoms with E-state index in [9.17, 15) is 0 Å². The second-order valence-electron chi connectivity index (χ2n) is 7.21. The van der Waals surface area contributed by atoms with E-state index in [1.165, 1.54) is 22.3 Å². The molecule has 5 rings (SSSR count). The van der Waals surface area contributed by atoms with Gasteiger partial charge in [0, 0.05) is 22.2 Å². The molecule has 0 bridgehead atoms. The van der Waals surface area contributed by atoms with Gasteiger partial charge in [0.15, 0.2) is 0 Å². The number of nitrogens with zero attached hydrogens (tertiary/aromatic N) is 2. The zero-order valence-electron chi connectivity index (χ0n) is 17.0. The fourth-order valence-corrected chi connectivity index (χ4v) is 3.94. The van der Waals surface area contributed by atoms with Gasteiger partial charge in [0.1, 0.15) is 0 Å². The summed E-state index contributed by atoms with van der Waals surface area (Å²) in [6.45, 7) is 4.11. The van der Waals surface area contributed by atoms with Gasteiger partial charge in [-0.3, -0.25) is 9.97 Å². The monoisotopic (exact) mass is 576 g/mol. The maximum absolute atomic E-state index is 4.90. The van der Waals surface area contributed by atoms with Crippen molar-refractivity contribution in [2.75, 3.05) is 0 Å². The van der Waals surface area contributed by atoms with E-state index in [-0.39, 0.29) is 50.5 Å². The minimum absolute atomic E-state index is 0. The van der Waals surface area contributed by atoms with Crippen LogP contribution in [0.5, 0.6) is 0 Å². The van der Waals surface area contributed by atoms with E-state index in [1.807, 2.05) is 12.1 Å². The molecule has 0 N–H and O–H groups in total. The van der Waals surface area contributed by atoms with Gasteiger partial charge in [-0.1, -0.05) is 72.8 Å². The molecule has 0 aliphatic heterocycles. The molecule has 0 radical (unpaired) electrons. The van der Waals surface area contributed by atoms with Crippen molar-refractivity contribution in [1.29, 1.82) is 0 Å². The second-order valence-corrected chi connectivity index (χ2v) is 7.21. The van der Waals surface area contributed by atoms with Gasteiger partial charge < -0.3 is 34.0 Å². The molecule has 5 heteroatoms. The zero-order chi connectivity index (χ0) is 19.1. The quantitative estimate of drug-likeness (QED) is 0.228. The normalized spacial score (nSPS) is 10.1. The SMILES string of the molecule is Cc1cc(-c2ccccc2)c2ccc3c(-c4ccccc4)cc(C)nc3c2n1.[Br-].[Br-].[Ni+2]. The summed E-state index contributed by atoms with van der Waals surface area (Å²) in [5.41, 5.74) is 8.76. The number of hydrogen-bond acceptors (Lipinski definition) is 2. The summed E-state index contributed by atoms with van der Waals surface area (Å²) >= 11 is 0. The van der Waals surface area contributed by atoms with E-state index in [0.717, 1.165) is 33.2 Å². The molecule has 0 aliphatic carbocycles. The molecule has 0 spiro atoms. The van der Waals surface area contributed by atoms with Crippen LogP contribution in [-0.2, 0) is 16.5 Å². The van der Waals surface area contributed by atoms with Crippen LogP contribution < -0.4 is 34.0 Å². The Bertz CT molecular complexity index is 1220. The van der Waals surface area contributed by atoms with Crippen molar-refractivity contribution in [3.05, 3.63) is 96.3 Å². The smallest absolute Gasteiger partial charge is 1.00 e. The summed E-state index contributed by atoms with van der Waals surface area (Å²) in [6.07, 6.45) is 0. The minimum atomic E-state index is 0. The number of rotatable bonds is 2. The summed E-state index contributed by atoms with van der Waals surface area (Å²) < 4.78 is 0. The molecule has 0 unspecified atom stereocenters. The summed E-state index contributed by atoms with van der Waals surface area (Å²) in [5.74, 6) is 0. The first-order chi connectivity index (χ1) is 13.7. The molecule has 0 saturated carbocycles. The van der Waals surface area contributed by atoms with E-state index in [1.54, 1.807) is 0 Å². The van der Waals surface area contributed by atoms with Gasteiger partial charge >= 0.3 is 16.5 Å². The number of pyridine rings is 2. The van der Waals surface area contributed by atoms with Crippen LogP contribution in [0.15, 0.2) is 84.9 Å². The number of hydrogen-bond donors (Lipinski definition) is 0. The topological polar surface area (TPSA) is 25.8 Å². The number of halogens is 2. The van der Waals surface area contributed by atoms with Crippen LogP contribution in [0, 0.1) is 13.8 Å². The second kappa shape index (κ2) is 10.5. The van der Waals surface area contributed by atoms with E-state index < -0.39 is 0 Å². The van der Waals surface area contributed by atoms with Crippen molar-refractivity contribution in [2.45, 2.75) is 13.8 Å². The number of fused-ring (bicyclic) bond motifs is 3. The first kappa shape index (κ1) is 25.2. The van der Waals surface area contributed by atoms with E-state index in [4.69, 9.17) is 9.97 Å². The predicted octanol–water partition coefficient (Wildman–Crippen LogP) is 0.739. The summed E-state index contributed by atoms with van der Waals surface area (Å²) in [5, 5.41) is 2.28. The maximum Gasteiger partial charge on any atom is 2.00 e. The third kappa shape index (κ3) is 4.74. The molecule has 3 aromatic carbocycles. The standard InChI is InChI=1S/C26H20N2.2BrH.Ni/c1-17-15-23(19-9-5-3-6-10-19)21-13-14-22-24(20-11-7-4-8-12-20)16-18(2)28-26(22)25(21)27-17;;;/h3-16H,1-2H3;2*1H;/q;;;+2/p-2. The molecule has 0 saturated heterocycles. The fraction of sp³-hybridized carbons (Fsp3) is 0.0769. The van der Waals surface area contributed by atoms with Gasteiger partial charge in [0.25, 0.3) is 0 Å². The number of benzene rings is 3. The summed E-state index contributed by atoms with van der Waals surface area (Å²) in [4.78, 5) is 9.81. The Kier molecular flexibility index (Phi) is 8.53. The van der Waals surface area contributed by atoms with Crippen molar-refractivity contribution in [2.24, 2.45) is 0 Å². The largest absolute Gasteiger partial charge is 2.00 e. The Morgan fingerprint density at radius 2 is 0.871 bits per heavy atom. The fourth-order valence-electron chi connectivity index (χ4n) is 3.94. The Labute approximate surface area is 213 Å². The van der Waals surface area contributed by atoms with Gasteiger partial charge in [0.05, 0.1) is 11.0 Å². The van der Waals surface area contributed by atoms with Crippen LogP contribution in [-0.4, -0.2) is 9.97 Å². The Balaban J connectivity index is 0.00000114. The van der Waals surface area contributed by atoms with Crippen LogP contribution in [0.25, 0.3) is 44.1 Å². The number of aryl methyl sites for hydroxylation is 2. The van der Waals surface area contributed by atoms with Crippen LogP contribution in [0.4, 0.5) is 0 Å². The molecular weight excluding hydrogens is 559 g/mol. The molecule has 0 aliphatic rings. The molecule has 158 valence electrons. The van der Waals surface area contributed by atoms with Crippen molar-refractivity contribution in [3.8, 4) is 22.3 Å². The Morgan fingerprint density at radius 3 is 1.23 bits per heavy atom. The van der Waals surface area contributed by atoms with Gasteiger partial charge in [-0.15, -0.1) is 0 Å². The van der Waals surface area contributed by atoms with E-state index >= 15 is 0 Å². The molecule has 0 atom stereocenters. The van der Waals surface area contributed by atoms with Crippen molar-refractivity contribution < 1.29 is 50.5 Å². The van der Waals surface area contributed by atoms with E-state index in [2.05, 4.69) is 86.6 Å². The van der Waals surface area contributed by atoms with Gasteiger partial charge in [-0.2, -0.15) is 0 Å². The molecule has 2 aromatic heterocycles. The zero-order valence-corrected chi connectivity index (χ0v) is 21.2.